The van der Waals surface area contributed by atoms with Crippen molar-refractivity contribution >= 4 is 17.3 Å². The molecule has 0 radical (unpaired) electrons. The third-order valence-corrected chi connectivity index (χ3v) is 3.33. The Morgan fingerprint density at radius 3 is 2.09 bits per heavy atom. The highest BCUT2D eigenvalue weighted by atomic mass is 16.1. The lowest BCUT2D eigenvalue weighted by atomic mass is 9.99. The van der Waals surface area contributed by atoms with Gasteiger partial charge in [0.25, 0.3) is 5.78 Å². The molecule has 2 rings (SSSR count). The van der Waals surface area contributed by atoms with Crippen LogP contribution >= 0.6 is 0 Å². The molecule has 0 heterocycles. The SMILES string of the molecule is [N-]=[N+]=C(C(=O)CCCc1ccccc1)C(=O)c1ccccc1. The van der Waals surface area contributed by atoms with Gasteiger partial charge in [0.2, 0.25) is 5.78 Å². The molecule has 0 atom stereocenters. The normalized spacial score (nSPS) is 9.82. The standard InChI is InChI=1S/C18H16N2O2/c19-20-17(18(22)15-11-5-2-6-12-15)16(21)13-7-10-14-8-3-1-4-9-14/h1-6,8-9,11-12H,7,10,13H2. The first-order valence-electron chi connectivity index (χ1n) is 7.11. The summed E-state index contributed by atoms with van der Waals surface area (Å²) in [5, 5.41) is 0. The second-order valence-corrected chi connectivity index (χ2v) is 4.91. The lowest BCUT2D eigenvalue weighted by Gasteiger charge is -2.00. The minimum atomic E-state index is -0.548. The van der Waals surface area contributed by atoms with Gasteiger partial charge in [0.05, 0.1) is 0 Å². The number of ketones is 2. The minimum Gasteiger partial charge on any atom is -0.360 e. The van der Waals surface area contributed by atoms with Crippen LogP contribution in [0.3, 0.4) is 0 Å². The Hall–Kier alpha value is -2.84. The van der Waals surface area contributed by atoms with Crippen molar-refractivity contribution in [3.8, 4) is 0 Å². The van der Waals surface area contributed by atoms with Gasteiger partial charge in [-0.1, -0.05) is 60.7 Å². The lowest BCUT2D eigenvalue weighted by Crippen LogP contribution is -2.25. The quantitative estimate of drug-likeness (QED) is 0.258. The van der Waals surface area contributed by atoms with E-state index in [-0.39, 0.29) is 6.42 Å². The monoisotopic (exact) mass is 292 g/mol. The third-order valence-electron chi connectivity index (χ3n) is 3.33. The maximum Gasteiger partial charge on any atom is 0.405 e. The molecule has 2 aromatic rings. The minimum absolute atomic E-state index is 0.173. The van der Waals surface area contributed by atoms with Gasteiger partial charge in [-0.05, 0) is 18.4 Å². The fourth-order valence-electron chi connectivity index (χ4n) is 2.17. The number of Topliss-reactive ketones (excluding diaryl/α,β-unsaturated/α-hetero) is 2. The van der Waals surface area contributed by atoms with Gasteiger partial charge in [-0.2, -0.15) is 4.79 Å². The van der Waals surface area contributed by atoms with Crippen LogP contribution in [0.2, 0.25) is 0 Å². The van der Waals surface area contributed by atoms with Crippen molar-refractivity contribution in [2.75, 3.05) is 0 Å². The molecule has 0 saturated heterocycles. The molecule has 4 heteroatoms. The topological polar surface area (TPSA) is 70.5 Å². The van der Waals surface area contributed by atoms with E-state index in [9.17, 15) is 9.59 Å². The van der Waals surface area contributed by atoms with Gasteiger partial charge in [-0.3, -0.25) is 9.59 Å². The molecule has 22 heavy (non-hydrogen) atoms. The predicted octanol–water partition coefficient (Wildman–Crippen LogP) is 3.13. The van der Waals surface area contributed by atoms with Gasteiger partial charge in [-0.25, -0.2) is 0 Å². The number of hydrogen-bond donors (Lipinski definition) is 0. The third kappa shape index (κ3) is 4.08. The molecule has 0 saturated carbocycles. The molecule has 2 aromatic carbocycles. The van der Waals surface area contributed by atoms with Gasteiger partial charge in [-0.15, -0.1) is 0 Å². The molecule has 0 aromatic heterocycles. The van der Waals surface area contributed by atoms with E-state index in [0.29, 0.717) is 12.0 Å². The fourth-order valence-corrected chi connectivity index (χ4v) is 2.17. The van der Waals surface area contributed by atoms with E-state index in [4.69, 9.17) is 5.53 Å². The molecule has 0 bridgehead atoms. The Morgan fingerprint density at radius 1 is 0.909 bits per heavy atom. The lowest BCUT2D eigenvalue weighted by molar-refractivity contribution is -0.117. The summed E-state index contributed by atoms with van der Waals surface area (Å²) in [6.45, 7) is 0. The van der Waals surface area contributed by atoms with Crippen LogP contribution in [-0.2, 0) is 11.2 Å². The number of aryl methyl sites for hydroxylation is 1. The zero-order chi connectivity index (χ0) is 15.8. The molecular formula is C18H16N2O2. The number of carbonyl (C=O) groups is 2. The van der Waals surface area contributed by atoms with Crippen molar-refractivity contribution in [3.63, 3.8) is 0 Å². The van der Waals surface area contributed by atoms with Gasteiger partial charge in [0.1, 0.15) is 0 Å². The largest absolute Gasteiger partial charge is 0.405 e. The summed E-state index contributed by atoms with van der Waals surface area (Å²) in [4.78, 5) is 27.1. The van der Waals surface area contributed by atoms with Crippen LogP contribution in [0.1, 0.15) is 28.8 Å². The first-order chi connectivity index (χ1) is 10.7. The highest BCUT2D eigenvalue weighted by Crippen LogP contribution is 2.07. The van der Waals surface area contributed by atoms with Gasteiger partial charge < -0.3 is 5.53 Å². The van der Waals surface area contributed by atoms with E-state index < -0.39 is 17.3 Å². The zero-order valence-corrected chi connectivity index (χ0v) is 12.1. The highest BCUT2D eigenvalue weighted by Gasteiger charge is 2.29. The Kier molecular flexibility index (Phi) is 5.52. The van der Waals surface area contributed by atoms with Crippen molar-refractivity contribution in [2.45, 2.75) is 19.3 Å². The molecule has 110 valence electrons. The second-order valence-electron chi connectivity index (χ2n) is 4.91. The molecule has 0 unspecified atom stereocenters. The first-order valence-corrected chi connectivity index (χ1v) is 7.11. The van der Waals surface area contributed by atoms with Gasteiger partial charge in [0.15, 0.2) is 0 Å². The average Bonchev–Trinajstić information content (AvgIpc) is 2.57. The summed E-state index contributed by atoms with van der Waals surface area (Å²) in [5.74, 6) is -0.986. The number of nitrogens with zero attached hydrogens (tertiary/aromatic N) is 2. The van der Waals surface area contributed by atoms with Gasteiger partial charge in [0, 0.05) is 12.0 Å². The number of benzene rings is 2. The Balaban J connectivity index is 1.95. The molecule has 0 aliphatic rings. The van der Waals surface area contributed by atoms with E-state index in [2.05, 4.69) is 4.79 Å². The Bertz CT molecular complexity index is 702. The van der Waals surface area contributed by atoms with E-state index >= 15 is 0 Å². The van der Waals surface area contributed by atoms with Crippen LogP contribution in [-0.4, -0.2) is 22.1 Å². The summed E-state index contributed by atoms with van der Waals surface area (Å²) in [6, 6.07) is 18.1. The van der Waals surface area contributed by atoms with Crippen molar-refractivity contribution in [1.29, 1.82) is 0 Å². The Morgan fingerprint density at radius 2 is 1.50 bits per heavy atom. The van der Waals surface area contributed by atoms with Crippen molar-refractivity contribution in [1.82, 2.24) is 0 Å². The predicted molar refractivity (Wildman–Crippen MR) is 83.8 cm³/mol. The number of rotatable bonds is 7. The fraction of sp³-hybridized carbons (Fsp3) is 0.167. The van der Waals surface area contributed by atoms with E-state index in [0.717, 1.165) is 12.0 Å². The molecule has 0 N–H and O–H groups in total. The molecular weight excluding hydrogens is 276 g/mol. The summed E-state index contributed by atoms with van der Waals surface area (Å²) < 4.78 is 0. The molecule has 0 aliphatic heterocycles. The van der Waals surface area contributed by atoms with Crippen molar-refractivity contribution in [2.24, 2.45) is 0 Å². The van der Waals surface area contributed by atoms with E-state index in [1.54, 1.807) is 30.3 Å². The average molecular weight is 292 g/mol. The maximum absolute atomic E-state index is 12.1. The van der Waals surface area contributed by atoms with Crippen molar-refractivity contribution in [3.05, 3.63) is 77.3 Å². The number of hydrogen-bond acceptors (Lipinski definition) is 2. The Labute approximate surface area is 129 Å². The maximum atomic E-state index is 12.1. The molecule has 0 fully saturated rings. The second kappa shape index (κ2) is 7.81. The van der Waals surface area contributed by atoms with Crippen LogP contribution in [0.25, 0.3) is 5.53 Å². The molecule has 0 amide bonds. The summed E-state index contributed by atoms with van der Waals surface area (Å²) in [6.07, 6.45) is 1.52. The van der Waals surface area contributed by atoms with E-state index in [1.165, 1.54) is 0 Å². The number of carbonyl (C=O) groups excluding carboxylic acids is 2. The molecule has 0 aliphatic carbocycles. The van der Waals surface area contributed by atoms with E-state index in [1.807, 2.05) is 30.3 Å². The van der Waals surface area contributed by atoms with Crippen molar-refractivity contribution < 1.29 is 14.4 Å². The van der Waals surface area contributed by atoms with Crippen LogP contribution in [0, 0.1) is 0 Å². The smallest absolute Gasteiger partial charge is 0.360 e. The van der Waals surface area contributed by atoms with Crippen LogP contribution < -0.4 is 0 Å². The van der Waals surface area contributed by atoms with Gasteiger partial charge >= 0.3 is 5.71 Å². The molecule has 4 nitrogen and oxygen atoms in total. The highest BCUT2D eigenvalue weighted by molar-refractivity contribution is 6.67. The first kappa shape index (κ1) is 15.5. The molecule has 0 spiro atoms. The summed E-state index contributed by atoms with van der Waals surface area (Å²) in [7, 11) is 0. The zero-order valence-electron chi connectivity index (χ0n) is 12.1. The van der Waals surface area contributed by atoms with Crippen LogP contribution in [0.5, 0.6) is 0 Å². The summed E-state index contributed by atoms with van der Waals surface area (Å²) in [5.41, 5.74) is 10.1. The van der Waals surface area contributed by atoms with Crippen LogP contribution in [0.15, 0.2) is 60.7 Å². The van der Waals surface area contributed by atoms with Crippen LogP contribution in [0.4, 0.5) is 0 Å². The summed E-state index contributed by atoms with van der Waals surface area (Å²) >= 11 is 0.